The number of rotatable bonds is 16. The molecule has 0 bridgehead atoms. The van der Waals surface area contributed by atoms with E-state index in [9.17, 15) is 47.9 Å². The molecule has 0 amide bonds. The molecule has 0 saturated heterocycles. The van der Waals surface area contributed by atoms with Crippen LogP contribution in [0.5, 0.6) is 0 Å². The Labute approximate surface area is 495 Å². The van der Waals surface area contributed by atoms with Crippen LogP contribution in [0, 0.1) is 35.0 Å². The van der Waals surface area contributed by atoms with Gasteiger partial charge in [-0.1, -0.05) is 34.6 Å². The third-order valence-electron chi connectivity index (χ3n) is 4.30. The van der Waals surface area contributed by atoms with Gasteiger partial charge in [0.15, 0.2) is 0 Å². The number of carbonyl (C=O) groups excluding carboxylic acids is 10. The molecule has 19 heteroatoms. The van der Waals surface area contributed by atoms with E-state index in [0.717, 1.165) is 0 Å². The van der Waals surface area contributed by atoms with E-state index in [-0.39, 0.29) is 344 Å². The summed E-state index contributed by atoms with van der Waals surface area (Å²) in [7, 11) is 0. The van der Waals surface area contributed by atoms with Crippen LogP contribution in [0.4, 0.5) is 0 Å². The molecular weight excluding hydrogens is 1270 g/mol. The quantitative estimate of drug-likeness (QED) is 0.205. The predicted octanol–water partition coefficient (Wildman–Crippen LogP) is 1.23. The topological polar surface area (TPSA) is 171 Å². The fourth-order valence-electron chi connectivity index (χ4n) is 1.71. The van der Waals surface area contributed by atoms with Crippen molar-refractivity contribution in [3.63, 3.8) is 0 Å². The van der Waals surface area contributed by atoms with Crippen molar-refractivity contribution in [3.05, 3.63) is 0 Å². The van der Waals surface area contributed by atoms with E-state index in [1.165, 1.54) is 20.8 Å². The zero-order valence-electron chi connectivity index (χ0n) is 26.5. The average Bonchev–Trinajstić information content (AvgIpc) is 2.86. The number of ketones is 1. The van der Waals surface area contributed by atoms with E-state index >= 15 is 0 Å². The van der Waals surface area contributed by atoms with Crippen molar-refractivity contribution >= 4 is 62.4 Å². The van der Waals surface area contributed by atoms with Gasteiger partial charge in [-0.15, -0.1) is 5.41 Å². The summed E-state index contributed by atoms with van der Waals surface area (Å²) in [6.45, 7) is 9.32. The Kier molecular flexibility index (Phi) is 129. The molecule has 0 aliphatic rings. The second kappa shape index (κ2) is 65.5. The standard InChI is InChI=1S/C8H10O3.C7H7O3.C6H8O2.C5H6O2.9Y/c1-7(11)5-8(2,6-10)3-4-9;1-6(4-9)7(5-10)2-3-8;1-5(3-7)6(2)4-8;1-5(4-7)2-3-6;;;;;;;;;/h3,5H2,1-2H3;6-7H,2H2,1H3;5-6H,1-2H3;5H,2H2,1H3;;;;;;;;;/q-2;-3;2*-2;;;;;;;;;. The Morgan fingerprint density at radius 2 is 0.889 bits per heavy atom. The van der Waals surface area contributed by atoms with Crippen LogP contribution in [-0.4, -0.2) is 62.4 Å². The predicted molar refractivity (Wildman–Crippen MR) is 129 cm³/mol. The van der Waals surface area contributed by atoms with Crippen LogP contribution in [0.3, 0.4) is 0 Å². The molecule has 231 valence electrons. The zero-order chi connectivity index (χ0) is 29.2. The molecule has 10 nitrogen and oxygen atoms in total. The summed E-state index contributed by atoms with van der Waals surface area (Å²) in [4.78, 5) is 99.2. The first-order chi connectivity index (χ1) is 16.8. The third-order valence-corrected chi connectivity index (χ3v) is 4.30. The Hall–Kier alpha value is 6.64. The Bertz CT molecular complexity index is 709. The van der Waals surface area contributed by atoms with Gasteiger partial charge in [0.1, 0.15) is 5.78 Å². The smallest absolute Gasteiger partial charge is 0.127 e. The zero-order valence-corrected chi connectivity index (χ0v) is 52.0. The van der Waals surface area contributed by atoms with Gasteiger partial charge in [-0.2, -0.15) is 48.9 Å². The maximum Gasteiger partial charge on any atom is 0.127 e. The molecule has 0 heterocycles. The maximum atomic E-state index is 10.6. The molecule has 0 aromatic heterocycles. The first kappa shape index (κ1) is 88.7. The van der Waals surface area contributed by atoms with Crippen molar-refractivity contribution in [2.45, 2.75) is 67.2 Å². The minimum absolute atomic E-state index is 0. The summed E-state index contributed by atoms with van der Waals surface area (Å²) < 4.78 is 0. The Morgan fingerprint density at radius 3 is 1.07 bits per heavy atom. The van der Waals surface area contributed by atoms with Crippen molar-refractivity contribution in [2.24, 2.45) is 35.0 Å². The van der Waals surface area contributed by atoms with E-state index in [2.05, 4.69) is 0 Å². The van der Waals surface area contributed by atoms with E-state index in [1.807, 2.05) is 0 Å². The first-order valence-electron chi connectivity index (χ1n) is 10.6. The van der Waals surface area contributed by atoms with Gasteiger partial charge in [-0.05, 0) is 13.3 Å². The summed E-state index contributed by atoms with van der Waals surface area (Å²) in [5.74, 6) is -2.25. The summed E-state index contributed by atoms with van der Waals surface area (Å²) in [6.07, 6.45) is 14.8. The van der Waals surface area contributed by atoms with Crippen LogP contribution in [0.2, 0.25) is 0 Å². The molecule has 0 aliphatic carbocycles. The molecule has 0 saturated carbocycles. The summed E-state index contributed by atoms with van der Waals surface area (Å²) in [6, 6.07) is 0. The van der Waals surface area contributed by atoms with Gasteiger partial charge >= 0.3 is 0 Å². The number of Topliss-reactive ketones (excluding diaryl/α,β-unsaturated/α-hetero) is 1. The molecule has 6 atom stereocenters. The molecule has 45 heavy (non-hydrogen) atoms. The van der Waals surface area contributed by atoms with Crippen molar-refractivity contribution in [1.29, 1.82) is 0 Å². The van der Waals surface area contributed by atoms with Crippen LogP contribution in [0.1, 0.15) is 67.2 Å². The minimum atomic E-state index is -0.965. The maximum absolute atomic E-state index is 10.6. The van der Waals surface area contributed by atoms with E-state index in [1.54, 1.807) is 77.3 Å². The van der Waals surface area contributed by atoms with Gasteiger partial charge in [0.25, 0.3) is 0 Å². The minimum Gasteiger partial charge on any atom is -0.542 e. The average molecular weight is 1300 g/mol. The van der Waals surface area contributed by atoms with E-state index in [0.29, 0.717) is 0 Å². The third kappa shape index (κ3) is 65.9. The van der Waals surface area contributed by atoms with Crippen LogP contribution in [0.25, 0.3) is 0 Å². The van der Waals surface area contributed by atoms with Gasteiger partial charge in [-0.3, -0.25) is 56.6 Å². The fourth-order valence-corrected chi connectivity index (χ4v) is 1.71. The molecule has 0 spiro atoms. The van der Waals surface area contributed by atoms with E-state index in [4.69, 9.17) is 0 Å². The molecule has 0 rings (SSSR count). The van der Waals surface area contributed by atoms with Crippen molar-refractivity contribution in [2.75, 3.05) is 0 Å². The van der Waals surface area contributed by atoms with Gasteiger partial charge in [-0.25, -0.2) is 0 Å². The Balaban J connectivity index is -0.0000000261. The molecule has 0 aromatic carbocycles. The summed E-state index contributed by atoms with van der Waals surface area (Å²) in [5, 5.41) is 0. The van der Waals surface area contributed by atoms with Gasteiger partial charge in [0.05, 0.1) is 0 Å². The molecule has 0 aromatic rings. The second-order valence-electron chi connectivity index (χ2n) is 8.02. The molecule has 0 aliphatic heterocycles. The summed E-state index contributed by atoms with van der Waals surface area (Å²) in [5.41, 5.74) is -0.965. The van der Waals surface area contributed by atoms with Crippen LogP contribution >= 0.6 is 0 Å². The first-order valence-corrected chi connectivity index (χ1v) is 10.6. The van der Waals surface area contributed by atoms with Gasteiger partial charge in [0.2, 0.25) is 0 Å². The van der Waals surface area contributed by atoms with Crippen LogP contribution in [-0.2, 0) is 342 Å². The number of hydrogen-bond donors (Lipinski definition) is 0. The summed E-state index contributed by atoms with van der Waals surface area (Å²) >= 11 is 0. The van der Waals surface area contributed by atoms with Crippen molar-refractivity contribution < 1.29 is 342 Å². The van der Waals surface area contributed by atoms with Crippen molar-refractivity contribution in [1.82, 2.24) is 0 Å². The SMILES string of the molecule is CC(=O)CC(C)([C-]=O)C[C-]=O.CC([C-]=O)C(C)[C-]=O.CC([C-]=O)C([C-]=O)C[C-]=O.CC([C-]=O)C[C-]=O.[Y].[Y].[Y].[Y].[Y].[Y].[Y].[Y].[Y]. The molecular formula is C26H31O10Y9-9. The number of hydrogen-bond acceptors (Lipinski definition) is 10. The van der Waals surface area contributed by atoms with Crippen LogP contribution < -0.4 is 0 Å². The molecule has 9 radical (unpaired) electrons. The molecule has 0 fully saturated rings. The molecule has 0 N–H and O–H groups in total. The normalized spacial score (nSPS) is 12.0. The fraction of sp³-hybridized carbons (Fsp3) is 0.615. The van der Waals surface area contributed by atoms with Crippen LogP contribution in [0.15, 0.2) is 0 Å². The van der Waals surface area contributed by atoms with Gasteiger partial charge < -0.3 is 47.9 Å². The monoisotopic (exact) mass is 1300 g/mol. The second-order valence-corrected chi connectivity index (χ2v) is 8.02. The van der Waals surface area contributed by atoms with Crippen molar-refractivity contribution in [3.8, 4) is 0 Å². The van der Waals surface area contributed by atoms with E-state index < -0.39 is 17.3 Å². The van der Waals surface area contributed by atoms with Gasteiger partial charge in [0, 0.05) is 294 Å². The Morgan fingerprint density at radius 1 is 0.533 bits per heavy atom. The largest absolute Gasteiger partial charge is 0.542 e. The molecule has 6 unspecified atom stereocenters. The number of carbonyl (C=O) groups is 1.